The Hall–Kier alpha value is -2.67. The van der Waals surface area contributed by atoms with E-state index in [1.165, 1.54) is 11.5 Å². The zero-order valence-corrected chi connectivity index (χ0v) is 17.0. The highest BCUT2D eigenvalue weighted by Gasteiger charge is 2.16. The van der Waals surface area contributed by atoms with E-state index in [2.05, 4.69) is 11.0 Å². The first kappa shape index (κ1) is 21.6. The van der Waals surface area contributed by atoms with Crippen molar-refractivity contribution in [1.29, 1.82) is 0 Å². The lowest BCUT2D eigenvalue weighted by Crippen LogP contribution is -2.17. The number of hydrogen-bond acceptors (Lipinski definition) is 6. The van der Waals surface area contributed by atoms with Gasteiger partial charge in [0.05, 0.1) is 5.52 Å². The van der Waals surface area contributed by atoms with Gasteiger partial charge in [-0.1, -0.05) is 11.6 Å². The summed E-state index contributed by atoms with van der Waals surface area (Å²) >= 11 is 0. The molecule has 0 saturated heterocycles. The fourth-order valence-corrected chi connectivity index (χ4v) is 2.88. The molecule has 152 valence electrons. The fraction of sp³-hybridized carbons (Fsp3) is 0.476. The molecule has 0 fully saturated rings. The molecule has 1 aromatic carbocycles. The molecule has 0 spiro atoms. The van der Waals surface area contributed by atoms with Crippen molar-refractivity contribution in [1.82, 2.24) is 9.47 Å². The monoisotopic (exact) mass is 388 g/mol. The third kappa shape index (κ3) is 6.20. The van der Waals surface area contributed by atoms with Crippen molar-refractivity contribution >= 4 is 28.7 Å². The van der Waals surface area contributed by atoms with Crippen LogP contribution < -0.4 is 0 Å². The van der Waals surface area contributed by atoms with Crippen molar-refractivity contribution in [2.24, 2.45) is 0 Å². The molecule has 0 saturated carbocycles. The predicted octanol–water partition coefficient (Wildman–Crippen LogP) is 3.30. The van der Waals surface area contributed by atoms with Crippen LogP contribution in [0.25, 0.3) is 10.9 Å². The van der Waals surface area contributed by atoms with Gasteiger partial charge in [0.15, 0.2) is 0 Å². The number of ether oxygens (including phenoxy) is 2. The quantitative estimate of drug-likeness (QED) is 0.484. The summed E-state index contributed by atoms with van der Waals surface area (Å²) in [5.74, 6) is -0.465. The molecule has 0 aliphatic carbocycles. The molecule has 7 heteroatoms. The van der Waals surface area contributed by atoms with Gasteiger partial charge in [0.1, 0.15) is 5.78 Å². The number of fused-ring (bicyclic) bond motifs is 1. The van der Waals surface area contributed by atoms with Gasteiger partial charge in [-0.2, -0.15) is 0 Å². The number of Topliss-reactive ketones (excluding diaryl/α,β-unsaturated/α-hetero) is 1. The Morgan fingerprint density at radius 1 is 1.11 bits per heavy atom. The number of aromatic nitrogens is 1. The van der Waals surface area contributed by atoms with Crippen molar-refractivity contribution < 1.29 is 23.9 Å². The summed E-state index contributed by atoms with van der Waals surface area (Å²) in [7, 11) is 4.01. The average molecular weight is 388 g/mol. The van der Waals surface area contributed by atoms with Gasteiger partial charge >= 0.3 is 12.1 Å². The molecule has 0 bridgehead atoms. The molecule has 0 amide bonds. The van der Waals surface area contributed by atoms with E-state index < -0.39 is 18.9 Å². The zero-order valence-electron chi connectivity index (χ0n) is 17.0. The SMILES string of the molecule is CC(=O)CCCC(=O)OCOC(=O)n1cc(CCN(C)C)c2cc(C)ccc21. The van der Waals surface area contributed by atoms with Crippen LogP contribution in [-0.4, -0.2) is 54.7 Å². The summed E-state index contributed by atoms with van der Waals surface area (Å²) in [6, 6.07) is 5.88. The van der Waals surface area contributed by atoms with Crippen molar-refractivity contribution in [3.05, 3.63) is 35.5 Å². The molecule has 0 unspecified atom stereocenters. The van der Waals surface area contributed by atoms with Crippen LogP contribution in [0.4, 0.5) is 4.79 Å². The summed E-state index contributed by atoms with van der Waals surface area (Å²) in [5, 5.41) is 1.01. The van der Waals surface area contributed by atoms with Crippen LogP contribution in [0.15, 0.2) is 24.4 Å². The van der Waals surface area contributed by atoms with Crippen molar-refractivity contribution in [3.8, 4) is 0 Å². The minimum atomic E-state index is -0.596. The molecular weight excluding hydrogens is 360 g/mol. The van der Waals surface area contributed by atoms with E-state index >= 15 is 0 Å². The first-order chi connectivity index (χ1) is 13.3. The zero-order chi connectivity index (χ0) is 20.7. The Morgan fingerprint density at radius 2 is 1.86 bits per heavy atom. The Bertz CT molecular complexity index is 854. The minimum Gasteiger partial charge on any atom is -0.428 e. The van der Waals surface area contributed by atoms with Crippen molar-refractivity contribution in [3.63, 3.8) is 0 Å². The van der Waals surface area contributed by atoms with Gasteiger partial charge < -0.3 is 19.2 Å². The molecule has 2 aromatic rings. The third-order valence-corrected chi connectivity index (χ3v) is 4.38. The van der Waals surface area contributed by atoms with E-state index in [1.807, 2.05) is 33.2 Å². The predicted molar refractivity (Wildman–Crippen MR) is 106 cm³/mol. The largest absolute Gasteiger partial charge is 0.428 e. The number of likely N-dealkylation sites (N-methyl/N-ethyl adjacent to an activating group) is 1. The molecule has 28 heavy (non-hydrogen) atoms. The lowest BCUT2D eigenvalue weighted by atomic mass is 10.1. The molecule has 0 atom stereocenters. The smallest absolute Gasteiger partial charge is 0.421 e. The average Bonchev–Trinajstić information content (AvgIpc) is 2.97. The van der Waals surface area contributed by atoms with E-state index in [0.29, 0.717) is 12.8 Å². The Morgan fingerprint density at radius 3 is 2.54 bits per heavy atom. The molecule has 0 radical (unpaired) electrons. The maximum atomic E-state index is 12.5. The van der Waals surface area contributed by atoms with Crippen LogP contribution in [-0.2, 0) is 25.5 Å². The molecule has 1 aromatic heterocycles. The van der Waals surface area contributed by atoms with E-state index in [4.69, 9.17) is 9.47 Å². The van der Waals surface area contributed by atoms with Gasteiger partial charge in [-0.05, 0) is 58.5 Å². The second-order valence-electron chi connectivity index (χ2n) is 7.20. The van der Waals surface area contributed by atoms with Crippen LogP contribution >= 0.6 is 0 Å². The number of esters is 1. The second kappa shape index (κ2) is 10.0. The molecule has 0 N–H and O–H groups in total. The molecule has 7 nitrogen and oxygen atoms in total. The molecule has 2 rings (SSSR count). The number of carbonyl (C=O) groups is 3. The lowest BCUT2D eigenvalue weighted by molar-refractivity contribution is -0.151. The molecular formula is C21H28N2O5. The van der Waals surface area contributed by atoms with Gasteiger partial charge in [0.25, 0.3) is 0 Å². The maximum absolute atomic E-state index is 12.5. The lowest BCUT2D eigenvalue weighted by Gasteiger charge is -2.08. The topological polar surface area (TPSA) is 77.8 Å². The van der Waals surface area contributed by atoms with Gasteiger partial charge in [-0.3, -0.25) is 9.36 Å². The Kier molecular flexibility index (Phi) is 7.75. The number of benzene rings is 1. The van der Waals surface area contributed by atoms with E-state index in [0.717, 1.165) is 35.0 Å². The fourth-order valence-electron chi connectivity index (χ4n) is 2.88. The van der Waals surface area contributed by atoms with Crippen LogP contribution in [0.2, 0.25) is 0 Å². The van der Waals surface area contributed by atoms with Crippen LogP contribution in [0.3, 0.4) is 0 Å². The highest BCUT2D eigenvalue weighted by Crippen LogP contribution is 2.24. The van der Waals surface area contributed by atoms with Gasteiger partial charge in [0, 0.05) is 31.0 Å². The molecule has 0 aliphatic rings. The van der Waals surface area contributed by atoms with Gasteiger partial charge in [0.2, 0.25) is 6.79 Å². The number of ketones is 1. The van der Waals surface area contributed by atoms with Crippen LogP contribution in [0, 0.1) is 6.92 Å². The third-order valence-electron chi connectivity index (χ3n) is 4.38. The first-order valence-electron chi connectivity index (χ1n) is 9.35. The number of nitrogens with zero attached hydrogens (tertiary/aromatic N) is 2. The van der Waals surface area contributed by atoms with E-state index in [9.17, 15) is 14.4 Å². The minimum absolute atomic E-state index is 0.0269. The molecule has 0 aliphatic heterocycles. The first-order valence-corrected chi connectivity index (χ1v) is 9.35. The maximum Gasteiger partial charge on any atom is 0.421 e. The standard InChI is InChI=1S/C21H28N2O5/c1-15-8-9-19-18(12-15)17(10-11-22(3)4)13-23(19)21(26)28-14-27-20(25)7-5-6-16(2)24/h8-9,12-13H,5-7,10-11,14H2,1-4H3. The van der Waals surface area contributed by atoms with E-state index in [-0.39, 0.29) is 12.2 Å². The number of aryl methyl sites for hydroxylation is 1. The second-order valence-corrected chi connectivity index (χ2v) is 7.20. The normalized spacial score (nSPS) is 11.0. The van der Waals surface area contributed by atoms with E-state index in [1.54, 1.807) is 6.20 Å². The summed E-state index contributed by atoms with van der Waals surface area (Å²) in [6.07, 6.45) is 2.88. The van der Waals surface area contributed by atoms with Gasteiger partial charge in [-0.15, -0.1) is 0 Å². The summed E-state index contributed by atoms with van der Waals surface area (Å²) in [5.41, 5.74) is 2.94. The number of rotatable bonds is 9. The van der Waals surface area contributed by atoms with Crippen molar-refractivity contribution in [2.75, 3.05) is 27.4 Å². The summed E-state index contributed by atoms with van der Waals surface area (Å²) < 4.78 is 11.5. The Balaban J connectivity index is 2.00. The molecule has 1 heterocycles. The summed E-state index contributed by atoms with van der Waals surface area (Å²) in [6.45, 7) is 3.90. The van der Waals surface area contributed by atoms with Crippen LogP contribution in [0.1, 0.15) is 37.3 Å². The Labute approximate surface area is 165 Å². The number of hydrogen-bond donors (Lipinski definition) is 0. The highest BCUT2D eigenvalue weighted by atomic mass is 16.7. The number of carbonyl (C=O) groups excluding carboxylic acids is 3. The summed E-state index contributed by atoms with van der Waals surface area (Å²) in [4.78, 5) is 37.0. The van der Waals surface area contributed by atoms with Crippen molar-refractivity contribution in [2.45, 2.75) is 39.5 Å². The van der Waals surface area contributed by atoms with Gasteiger partial charge in [-0.25, -0.2) is 4.79 Å². The van der Waals surface area contributed by atoms with Crippen LogP contribution in [0.5, 0.6) is 0 Å². The highest BCUT2D eigenvalue weighted by molar-refractivity contribution is 5.92.